The Balaban J connectivity index is 1.85. The number of imide groups is 1. The summed E-state index contributed by atoms with van der Waals surface area (Å²) in [5.41, 5.74) is 2.38. The number of amides is 3. The van der Waals surface area contributed by atoms with Crippen LogP contribution in [0.15, 0.2) is 24.3 Å². The third-order valence-electron chi connectivity index (χ3n) is 4.00. The first kappa shape index (κ1) is 17.3. The van der Waals surface area contributed by atoms with Crippen molar-refractivity contribution in [3.63, 3.8) is 0 Å². The fourth-order valence-electron chi connectivity index (χ4n) is 2.71. The van der Waals surface area contributed by atoms with E-state index in [1.807, 2.05) is 6.92 Å². The molecule has 0 radical (unpaired) electrons. The second-order valence-corrected chi connectivity index (χ2v) is 5.80. The minimum Gasteiger partial charge on any atom is -0.372 e. The second kappa shape index (κ2) is 8.53. The first-order chi connectivity index (χ1) is 11.1. The molecular formula is C17H26N4O2. The van der Waals surface area contributed by atoms with Gasteiger partial charge in [-0.2, -0.15) is 0 Å². The Labute approximate surface area is 137 Å². The zero-order chi connectivity index (χ0) is 16.7. The van der Waals surface area contributed by atoms with Crippen LogP contribution in [0.3, 0.4) is 0 Å². The van der Waals surface area contributed by atoms with Crippen molar-refractivity contribution < 1.29 is 9.59 Å². The van der Waals surface area contributed by atoms with Crippen molar-refractivity contribution >= 4 is 17.6 Å². The number of benzene rings is 1. The average Bonchev–Trinajstić information content (AvgIpc) is 3.07. The molecule has 3 amide bonds. The molecule has 0 aromatic heterocycles. The highest BCUT2D eigenvalue weighted by Gasteiger charge is 2.14. The van der Waals surface area contributed by atoms with Crippen molar-refractivity contribution in [3.05, 3.63) is 29.8 Å². The molecule has 0 unspecified atom stereocenters. The van der Waals surface area contributed by atoms with Crippen LogP contribution in [0.5, 0.6) is 0 Å². The van der Waals surface area contributed by atoms with Gasteiger partial charge in [0, 0.05) is 31.4 Å². The molecule has 0 spiro atoms. The molecule has 0 bridgehead atoms. The fourth-order valence-corrected chi connectivity index (χ4v) is 2.71. The number of urea groups is 1. The normalized spacial score (nSPS) is 15.3. The van der Waals surface area contributed by atoms with Gasteiger partial charge in [0.2, 0.25) is 5.91 Å². The Morgan fingerprint density at radius 2 is 2.00 bits per heavy atom. The molecular weight excluding hydrogens is 292 g/mol. The highest BCUT2D eigenvalue weighted by atomic mass is 16.2. The highest BCUT2D eigenvalue weighted by molar-refractivity contribution is 5.95. The topological polar surface area (TPSA) is 73.5 Å². The second-order valence-electron chi connectivity index (χ2n) is 5.80. The predicted octanol–water partition coefficient (Wildman–Crippen LogP) is 1.78. The quantitative estimate of drug-likeness (QED) is 0.747. The van der Waals surface area contributed by atoms with Gasteiger partial charge in [0.15, 0.2) is 0 Å². The molecule has 1 atom stereocenters. The third kappa shape index (κ3) is 5.25. The third-order valence-corrected chi connectivity index (χ3v) is 4.00. The molecule has 6 nitrogen and oxygen atoms in total. The molecule has 1 aliphatic rings. The molecule has 3 N–H and O–H groups in total. The number of carbonyl (C=O) groups excluding carboxylic acids is 2. The Morgan fingerprint density at radius 3 is 2.70 bits per heavy atom. The summed E-state index contributed by atoms with van der Waals surface area (Å²) in [6.07, 6.45) is 2.50. The summed E-state index contributed by atoms with van der Waals surface area (Å²) in [5, 5.41) is 7.97. The van der Waals surface area contributed by atoms with Crippen LogP contribution in [0.1, 0.15) is 38.3 Å². The lowest BCUT2D eigenvalue weighted by Gasteiger charge is -2.20. The maximum absolute atomic E-state index is 11.7. The van der Waals surface area contributed by atoms with Crippen LogP contribution in [-0.4, -0.2) is 38.1 Å². The van der Waals surface area contributed by atoms with E-state index < -0.39 is 6.03 Å². The van der Waals surface area contributed by atoms with E-state index in [0.29, 0.717) is 6.54 Å². The van der Waals surface area contributed by atoms with E-state index in [4.69, 9.17) is 0 Å². The molecule has 1 fully saturated rings. The Hall–Kier alpha value is -2.08. The zero-order valence-corrected chi connectivity index (χ0v) is 13.9. The number of rotatable bonds is 6. The van der Waals surface area contributed by atoms with Gasteiger partial charge < -0.3 is 15.5 Å². The molecule has 126 valence electrons. The maximum Gasteiger partial charge on any atom is 0.321 e. The largest absolute Gasteiger partial charge is 0.372 e. The average molecular weight is 318 g/mol. The van der Waals surface area contributed by atoms with Gasteiger partial charge in [-0.25, -0.2) is 4.79 Å². The summed E-state index contributed by atoms with van der Waals surface area (Å²) in [5.74, 6) is -0.335. The van der Waals surface area contributed by atoms with E-state index in [1.54, 1.807) is 6.92 Å². The van der Waals surface area contributed by atoms with Crippen molar-refractivity contribution in [2.75, 3.05) is 31.1 Å². The van der Waals surface area contributed by atoms with Gasteiger partial charge >= 0.3 is 6.03 Å². The van der Waals surface area contributed by atoms with Crippen LogP contribution in [-0.2, 0) is 4.79 Å². The van der Waals surface area contributed by atoms with E-state index in [1.165, 1.54) is 18.5 Å². The van der Waals surface area contributed by atoms with E-state index in [2.05, 4.69) is 45.1 Å². The monoisotopic (exact) mass is 318 g/mol. The van der Waals surface area contributed by atoms with E-state index >= 15 is 0 Å². The molecule has 1 aliphatic heterocycles. The SMILES string of the molecule is CCNC(=O)NC(=O)CN[C@@H](C)c1cccc(N2CCCC2)c1. The Morgan fingerprint density at radius 1 is 1.26 bits per heavy atom. The van der Waals surface area contributed by atoms with Crippen LogP contribution < -0.4 is 20.9 Å². The summed E-state index contributed by atoms with van der Waals surface area (Å²) < 4.78 is 0. The molecule has 23 heavy (non-hydrogen) atoms. The summed E-state index contributed by atoms with van der Waals surface area (Å²) in [4.78, 5) is 25.4. The van der Waals surface area contributed by atoms with Crippen LogP contribution in [0.4, 0.5) is 10.5 Å². The summed E-state index contributed by atoms with van der Waals surface area (Å²) in [6, 6.07) is 7.99. The van der Waals surface area contributed by atoms with Crippen molar-refractivity contribution in [2.45, 2.75) is 32.7 Å². The maximum atomic E-state index is 11.7. The van der Waals surface area contributed by atoms with Gasteiger partial charge in [-0.15, -0.1) is 0 Å². The number of nitrogens with zero attached hydrogens (tertiary/aromatic N) is 1. The molecule has 1 aromatic carbocycles. The summed E-state index contributed by atoms with van der Waals surface area (Å²) in [7, 11) is 0. The van der Waals surface area contributed by atoms with Gasteiger partial charge in [0.05, 0.1) is 6.54 Å². The molecule has 1 saturated heterocycles. The summed E-state index contributed by atoms with van der Waals surface area (Å²) in [6.45, 7) is 6.64. The standard InChI is InChI=1S/C17H26N4O2/c1-3-18-17(23)20-16(22)12-19-13(2)14-7-6-8-15(11-14)21-9-4-5-10-21/h6-8,11,13,19H,3-5,9-10,12H2,1-2H3,(H2,18,20,22,23)/t13-/m0/s1. The number of nitrogens with one attached hydrogen (secondary N) is 3. The molecule has 6 heteroatoms. The van der Waals surface area contributed by atoms with E-state index in [9.17, 15) is 9.59 Å². The van der Waals surface area contributed by atoms with E-state index in [0.717, 1.165) is 18.7 Å². The number of hydrogen-bond acceptors (Lipinski definition) is 4. The van der Waals surface area contributed by atoms with Crippen LogP contribution >= 0.6 is 0 Å². The van der Waals surface area contributed by atoms with Crippen molar-refractivity contribution in [1.82, 2.24) is 16.0 Å². The van der Waals surface area contributed by atoms with Gasteiger partial charge in [-0.3, -0.25) is 10.1 Å². The lowest BCUT2D eigenvalue weighted by Crippen LogP contribution is -2.43. The number of anilines is 1. The predicted molar refractivity (Wildman–Crippen MR) is 91.5 cm³/mol. The van der Waals surface area contributed by atoms with Crippen molar-refractivity contribution in [2.24, 2.45) is 0 Å². The molecule has 1 aromatic rings. The first-order valence-corrected chi connectivity index (χ1v) is 8.26. The number of hydrogen-bond donors (Lipinski definition) is 3. The lowest BCUT2D eigenvalue weighted by atomic mass is 10.1. The molecule has 2 rings (SSSR count). The fraction of sp³-hybridized carbons (Fsp3) is 0.529. The van der Waals surface area contributed by atoms with Crippen molar-refractivity contribution in [1.29, 1.82) is 0 Å². The highest BCUT2D eigenvalue weighted by Crippen LogP contribution is 2.23. The smallest absolute Gasteiger partial charge is 0.321 e. The van der Waals surface area contributed by atoms with Crippen LogP contribution in [0.25, 0.3) is 0 Å². The minimum absolute atomic E-state index is 0.0394. The molecule has 1 heterocycles. The summed E-state index contributed by atoms with van der Waals surface area (Å²) >= 11 is 0. The molecule has 0 aliphatic carbocycles. The molecule has 0 saturated carbocycles. The zero-order valence-electron chi connectivity index (χ0n) is 13.9. The Kier molecular flexibility index (Phi) is 6.40. The Bertz CT molecular complexity index is 541. The van der Waals surface area contributed by atoms with Gasteiger partial charge in [-0.05, 0) is 44.4 Å². The van der Waals surface area contributed by atoms with Crippen LogP contribution in [0, 0.1) is 0 Å². The number of carbonyl (C=O) groups is 2. The van der Waals surface area contributed by atoms with Gasteiger partial charge in [0.1, 0.15) is 0 Å². The van der Waals surface area contributed by atoms with E-state index in [-0.39, 0.29) is 18.5 Å². The van der Waals surface area contributed by atoms with Gasteiger partial charge in [-0.1, -0.05) is 12.1 Å². The minimum atomic E-state index is -0.456. The first-order valence-electron chi connectivity index (χ1n) is 8.26. The van der Waals surface area contributed by atoms with Gasteiger partial charge in [0.25, 0.3) is 0 Å². The van der Waals surface area contributed by atoms with Crippen molar-refractivity contribution in [3.8, 4) is 0 Å². The van der Waals surface area contributed by atoms with Crippen LogP contribution in [0.2, 0.25) is 0 Å². The lowest BCUT2D eigenvalue weighted by molar-refractivity contribution is -0.119.